The van der Waals surface area contributed by atoms with Crippen molar-refractivity contribution in [3.05, 3.63) is 24.3 Å². The molecule has 0 aromatic heterocycles. The summed E-state index contributed by atoms with van der Waals surface area (Å²) >= 11 is 0. The van der Waals surface area contributed by atoms with Gasteiger partial charge in [-0.3, -0.25) is 13.9 Å². The highest BCUT2D eigenvalue weighted by Gasteiger charge is 2.23. The second-order valence-electron chi connectivity index (χ2n) is 6.30. The third-order valence-corrected chi connectivity index (χ3v) is 3.80. The number of nitrogens with zero attached hydrogens (tertiary/aromatic N) is 1. The fourth-order valence-corrected chi connectivity index (χ4v) is 2.78. The lowest BCUT2D eigenvalue weighted by Gasteiger charge is -2.26. The first-order chi connectivity index (χ1) is 10.4. The SMILES string of the molecule is CC(=O)Nc1cccc(N(CC(=O)NC(C)(C)C)S(C)(=O)=O)c1. The first kappa shape index (κ1) is 19.0. The number of benzene rings is 1. The van der Waals surface area contributed by atoms with Crippen LogP contribution in [-0.2, 0) is 19.6 Å². The largest absolute Gasteiger partial charge is 0.350 e. The molecule has 7 nitrogen and oxygen atoms in total. The minimum Gasteiger partial charge on any atom is -0.350 e. The molecule has 0 fully saturated rings. The summed E-state index contributed by atoms with van der Waals surface area (Å²) in [5.41, 5.74) is 0.306. The zero-order valence-corrected chi connectivity index (χ0v) is 14.8. The van der Waals surface area contributed by atoms with E-state index in [2.05, 4.69) is 10.6 Å². The van der Waals surface area contributed by atoms with Gasteiger partial charge >= 0.3 is 0 Å². The van der Waals surface area contributed by atoms with Gasteiger partial charge in [0.1, 0.15) is 6.54 Å². The Morgan fingerprint density at radius 2 is 1.83 bits per heavy atom. The van der Waals surface area contributed by atoms with E-state index in [-0.39, 0.29) is 12.5 Å². The summed E-state index contributed by atoms with van der Waals surface area (Å²) in [6.45, 7) is 6.46. The molecule has 0 spiro atoms. The molecule has 0 saturated carbocycles. The van der Waals surface area contributed by atoms with Crippen molar-refractivity contribution < 1.29 is 18.0 Å². The summed E-state index contributed by atoms with van der Waals surface area (Å²) in [6, 6.07) is 6.32. The molecule has 2 amide bonds. The van der Waals surface area contributed by atoms with Gasteiger partial charge in [-0.2, -0.15) is 0 Å². The van der Waals surface area contributed by atoms with Crippen molar-refractivity contribution in [2.45, 2.75) is 33.2 Å². The Kier molecular flexibility index (Phi) is 5.76. The Morgan fingerprint density at radius 1 is 1.22 bits per heavy atom. The van der Waals surface area contributed by atoms with Crippen molar-refractivity contribution in [3.63, 3.8) is 0 Å². The highest BCUT2D eigenvalue weighted by molar-refractivity contribution is 7.92. The van der Waals surface area contributed by atoms with E-state index in [0.29, 0.717) is 11.4 Å². The van der Waals surface area contributed by atoms with Crippen LogP contribution in [0.4, 0.5) is 11.4 Å². The maximum atomic E-state index is 12.1. The Labute approximate surface area is 137 Å². The van der Waals surface area contributed by atoms with Crippen molar-refractivity contribution in [1.82, 2.24) is 5.32 Å². The van der Waals surface area contributed by atoms with Gasteiger partial charge < -0.3 is 10.6 Å². The van der Waals surface area contributed by atoms with Crippen LogP contribution < -0.4 is 14.9 Å². The van der Waals surface area contributed by atoms with Gasteiger partial charge in [0, 0.05) is 18.2 Å². The van der Waals surface area contributed by atoms with Gasteiger partial charge in [0.15, 0.2) is 0 Å². The molecular weight excluding hydrogens is 318 g/mol. The number of hydrogen-bond acceptors (Lipinski definition) is 4. The number of anilines is 2. The summed E-state index contributed by atoms with van der Waals surface area (Å²) in [5.74, 6) is -0.675. The van der Waals surface area contributed by atoms with Gasteiger partial charge in [-0.25, -0.2) is 8.42 Å². The lowest BCUT2D eigenvalue weighted by Crippen LogP contribution is -2.47. The lowest BCUT2D eigenvalue weighted by molar-refractivity contribution is -0.121. The van der Waals surface area contributed by atoms with E-state index < -0.39 is 21.5 Å². The van der Waals surface area contributed by atoms with Crippen LogP contribution in [-0.4, -0.2) is 38.6 Å². The van der Waals surface area contributed by atoms with Crippen LogP contribution in [0.25, 0.3) is 0 Å². The third kappa shape index (κ3) is 6.68. The van der Waals surface area contributed by atoms with Crippen molar-refractivity contribution in [2.75, 3.05) is 22.4 Å². The molecule has 0 unspecified atom stereocenters. The van der Waals surface area contributed by atoms with Gasteiger partial charge in [0.05, 0.1) is 11.9 Å². The Morgan fingerprint density at radius 3 is 2.30 bits per heavy atom. The monoisotopic (exact) mass is 341 g/mol. The van der Waals surface area contributed by atoms with E-state index in [9.17, 15) is 18.0 Å². The van der Waals surface area contributed by atoms with Crippen LogP contribution in [0.3, 0.4) is 0 Å². The topological polar surface area (TPSA) is 95.6 Å². The molecule has 1 aromatic rings. The van der Waals surface area contributed by atoms with Gasteiger partial charge in [0.25, 0.3) is 0 Å². The van der Waals surface area contributed by atoms with Crippen LogP contribution in [0, 0.1) is 0 Å². The minimum absolute atomic E-state index is 0.265. The van der Waals surface area contributed by atoms with E-state index in [1.54, 1.807) is 18.2 Å². The van der Waals surface area contributed by atoms with Crippen LogP contribution in [0.2, 0.25) is 0 Å². The molecule has 1 rings (SSSR count). The maximum absolute atomic E-state index is 12.1. The Hall–Kier alpha value is -2.09. The van der Waals surface area contributed by atoms with Crippen LogP contribution in [0.15, 0.2) is 24.3 Å². The second kappa shape index (κ2) is 6.99. The molecule has 0 saturated heterocycles. The molecule has 8 heteroatoms. The Bertz CT molecular complexity index is 693. The van der Waals surface area contributed by atoms with Gasteiger partial charge in [-0.15, -0.1) is 0 Å². The second-order valence-corrected chi connectivity index (χ2v) is 8.21. The number of nitrogens with one attached hydrogen (secondary N) is 2. The third-order valence-electron chi connectivity index (χ3n) is 2.66. The average Bonchev–Trinajstić information content (AvgIpc) is 2.32. The first-order valence-corrected chi connectivity index (χ1v) is 8.90. The van der Waals surface area contributed by atoms with E-state index in [1.807, 2.05) is 20.8 Å². The molecule has 0 heterocycles. The van der Waals surface area contributed by atoms with Crippen LogP contribution in [0.1, 0.15) is 27.7 Å². The predicted octanol–water partition coefficient (Wildman–Crippen LogP) is 1.33. The van der Waals surface area contributed by atoms with Gasteiger partial charge in [-0.05, 0) is 39.0 Å². The zero-order chi connectivity index (χ0) is 17.8. The van der Waals surface area contributed by atoms with E-state index in [1.165, 1.54) is 13.0 Å². The van der Waals surface area contributed by atoms with E-state index in [0.717, 1.165) is 10.6 Å². The Balaban J connectivity index is 3.09. The van der Waals surface area contributed by atoms with Gasteiger partial charge in [0.2, 0.25) is 21.8 Å². The molecule has 0 bridgehead atoms. The molecule has 0 atom stereocenters. The molecule has 1 aromatic carbocycles. The highest BCUT2D eigenvalue weighted by atomic mass is 32.2. The van der Waals surface area contributed by atoms with Gasteiger partial charge in [-0.1, -0.05) is 6.07 Å². The molecule has 0 aliphatic heterocycles. The summed E-state index contributed by atoms with van der Waals surface area (Å²) in [7, 11) is -3.65. The maximum Gasteiger partial charge on any atom is 0.241 e. The minimum atomic E-state index is -3.65. The molecule has 0 aliphatic rings. The molecule has 0 radical (unpaired) electrons. The molecule has 0 aliphatic carbocycles. The zero-order valence-electron chi connectivity index (χ0n) is 14.0. The van der Waals surface area contributed by atoms with Crippen molar-refractivity contribution in [2.24, 2.45) is 0 Å². The normalized spacial score (nSPS) is 11.7. The number of hydrogen-bond donors (Lipinski definition) is 2. The van der Waals surface area contributed by atoms with Crippen molar-refractivity contribution in [1.29, 1.82) is 0 Å². The van der Waals surface area contributed by atoms with Crippen molar-refractivity contribution in [3.8, 4) is 0 Å². The smallest absolute Gasteiger partial charge is 0.241 e. The number of carbonyl (C=O) groups is 2. The van der Waals surface area contributed by atoms with E-state index >= 15 is 0 Å². The van der Waals surface area contributed by atoms with Crippen LogP contribution in [0.5, 0.6) is 0 Å². The predicted molar refractivity (Wildman–Crippen MR) is 90.8 cm³/mol. The summed E-state index contributed by atoms with van der Waals surface area (Å²) < 4.78 is 25.0. The standard InChI is InChI=1S/C15H23N3O4S/c1-11(19)16-12-7-6-8-13(9-12)18(23(5,21)22)10-14(20)17-15(2,3)4/h6-9H,10H2,1-5H3,(H,16,19)(H,17,20). The van der Waals surface area contributed by atoms with E-state index in [4.69, 9.17) is 0 Å². The average molecular weight is 341 g/mol. The summed E-state index contributed by atoms with van der Waals surface area (Å²) in [6.07, 6.45) is 1.03. The van der Waals surface area contributed by atoms with Crippen LogP contribution >= 0.6 is 0 Å². The molecule has 23 heavy (non-hydrogen) atoms. The molecule has 2 N–H and O–H groups in total. The lowest BCUT2D eigenvalue weighted by atomic mass is 10.1. The molecular formula is C15H23N3O4S. The fraction of sp³-hybridized carbons (Fsp3) is 0.467. The summed E-state index contributed by atoms with van der Waals surface area (Å²) in [4.78, 5) is 23.2. The molecule has 128 valence electrons. The number of carbonyl (C=O) groups excluding carboxylic acids is 2. The number of rotatable bonds is 5. The number of amides is 2. The fourth-order valence-electron chi connectivity index (χ4n) is 1.93. The quantitative estimate of drug-likeness (QED) is 0.844. The summed E-state index contributed by atoms with van der Waals surface area (Å²) in [5, 5.41) is 5.31. The van der Waals surface area contributed by atoms with Crippen molar-refractivity contribution >= 4 is 33.2 Å². The highest BCUT2D eigenvalue weighted by Crippen LogP contribution is 2.21. The first-order valence-electron chi connectivity index (χ1n) is 7.05. The number of sulfonamides is 1.